The van der Waals surface area contributed by atoms with Gasteiger partial charge in [0.15, 0.2) is 0 Å². The van der Waals surface area contributed by atoms with E-state index in [1.54, 1.807) is 28.4 Å². The first kappa shape index (κ1) is 28.6. The summed E-state index contributed by atoms with van der Waals surface area (Å²) < 4.78 is 21.4. The van der Waals surface area contributed by atoms with E-state index in [0.717, 1.165) is 48.7 Å². The van der Waals surface area contributed by atoms with Crippen molar-refractivity contribution in [2.24, 2.45) is 0 Å². The third kappa shape index (κ3) is 8.54. The van der Waals surface area contributed by atoms with Crippen LogP contribution in [0.4, 0.5) is 0 Å². The van der Waals surface area contributed by atoms with Crippen molar-refractivity contribution in [1.29, 1.82) is 0 Å². The molecule has 0 aromatic heterocycles. The standard InChI is InChI=1S/C36H38O4/c1-37-33-15-7-27(8-16-33)23-31(24-28-9-17-34(38-2)18-10-28)5-6-32(25-29-11-19-35(39-3)20-12-29)26-30-13-21-36(40-4)22-14-30/h5-22H,23-26H2,1-4H3. The Morgan fingerprint density at radius 2 is 0.575 bits per heavy atom. The van der Waals surface area contributed by atoms with Crippen LogP contribution < -0.4 is 18.9 Å². The quantitative estimate of drug-likeness (QED) is 0.164. The van der Waals surface area contributed by atoms with Gasteiger partial charge in [0.2, 0.25) is 0 Å². The second-order valence-corrected chi connectivity index (χ2v) is 9.75. The molecular weight excluding hydrogens is 496 g/mol. The van der Waals surface area contributed by atoms with Gasteiger partial charge >= 0.3 is 0 Å². The lowest BCUT2D eigenvalue weighted by molar-refractivity contribution is 0.414. The van der Waals surface area contributed by atoms with Gasteiger partial charge in [-0.25, -0.2) is 0 Å². The fourth-order valence-corrected chi connectivity index (χ4v) is 4.62. The van der Waals surface area contributed by atoms with Gasteiger partial charge in [0, 0.05) is 0 Å². The van der Waals surface area contributed by atoms with Crippen LogP contribution in [0.15, 0.2) is 120 Å². The predicted octanol–water partition coefficient (Wildman–Crippen LogP) is 7.84. The largest absolute Gasteiger partial charge is 0.497 e. The van der Waals surface area contributed by atoms with E-state index in [9.17, 15) is 0 Å². The molecule has 0 unspecified atom stereocenters. The summed E-state index contributed by atoms with van der Waals surface area (Å²) in [7, 11) is 6.79. The van der Waals surface area contributed by atoms with Crippen molar-refractivity contribution in [3.05, 3.63) is 143 Å². The molecule has 0 saturated carbocycles. The monoisotopic (exact) mass is 534 g/mol. The van der Waals surface area contributed by atoms with E-state index in [4.69, 9.17) is 18.9 Å². The van der Waals surface area contributed by atoms with Gasteiger partial charge in [-0.2, -0.15) is 0 Å². The SMILES string of the molecule is COc1ccc(CC(=CC=C(Cc2ccc(OC)cc2)Cc2ccc(OC)cc2)Cc2ccc(OC)cc2)cc1. The van der Waals surface area contributed by atoms with Crippen molar-refractivity contribution in [3.63, 3.8) is 0 Å². The van der Waals surface area contributed by atoms with Gasteiger partial charge in [-0.1, -0.05) is 71.8 Å². The van der Waals surface area contributed by atoms with Gasteiger partial charge in [0.05, 0.1) is 28.4 Å². The van der Waals surface area contributed by atoms with Crippen LogP contribution >= 0.6 is 0 Å². The molecule has 4 rings (SSSR count). The van der Waals surface area contributed by atoms with E-state index in [2.05, 4.69) is 60.7 Å². The summed E-state index contributed by atoms with van der Waals surface area (Å²) in [5.41, 5.74) is 7.66. The Balaban J connectivity index is 1.65. The predicted molar refractivity (Wildman–Crippen MR) is 163 cm³/mol. The molecule has 4 heteroatoms. The highest BCUT2D eigenvalue weighted by Crippen LogP contribution is 2.22. The van der Waals surface area contributed by atoms with Gasteiger partial charge < -0.3 is 18.9 Å². The summed E-state index contributed by atoms with van der Waals surface area (Å²) in [6.07, 6.45) is 8.01. The fraction of sp³-hybridized carbons (Fsp3) is 0.222. The van der Waals surface area contributed by atoms with Gasteiger partial charge in [-0.15, -0.1) is 0 Å². The van der Waals surface area contributed by atoms with Gasteiger partial charge in [-0.05, 0) is 96.5 Å². The molecule has 0 radical (unpaired) electrons. The molecule has 0 bridgehead atoms. The Bertz CT molecular complexity index is 1170. The van der Waals surface area contributed by atoms with Crippen molar-refractivity contribution in [2.45, 2.75) is 25.7 Å². The molecule has 40 heavy (non-hydrogen) atoms. The number of rotatable bonds is 13. The highest BCUT2D eigenvalue weighted by Gasteiger charge is 2.07. The van der Waals surface area contributed by atoms with Crippen LogP contribution in [-0.4, -0.2) is 28.4 Å². The van der Waals surface area contributed by atoms with Crippen LogP contribution in [0.1, 0.15) is 22.3 Å². The zero-order valence-corrected chi connectivity index (χ0v) is 23.9. The highest BCUT2D eigenvalue weighted by atomic mass is 16.5. The molecule has 4 nitrogen and oxygen atoms in total. The van der Waals surface area contributed by atoms with Crippen molar-refractivity contribution < 1.29 is 18.9 Å². The Morgan fingerprint density at radius 1 is 0.375 bits per heavy atom. The molecule has 0 saturated heterocycles. The Kier molecular flexibility index (Phi) is 10.5. The number of hydrogen-bond donors (Lipinski definition) is 0. The van der Waals surface area contributed by atoms with Crippen LogP contribution in [0, 0.1) is 0 Å². The minimum Gasteiger partial charge on any atom is -0.497 e. The normalized spacial score (nSPS) is 10.4. The van der Waals surface area contributed by atoms with Crippen molar-refractivity contribution in [3.8, 4) is 23.0 Å². The van der Waals surface area contributed by atoms with E-state index in [0.29, 0.717) is 0 Å². The smallest absolute Gasteiger partial charge is 0.118 e. The van der Waals surface area contributed by atoms with E-state index in [-0.39, 0.29) is 0 Å². The summed E-state index contributed by atoms with van der Waals surface area (Å²) in [6, 6.07) is 33.3. The van der Waals surface area contributed by atoms with Crippen LogP contribution in [0.2, 0.25) is 0 Å². The zero-order chi connectivity index (χ0) is 28.2. The van der Waals surface area contributed by atoms with Gasteiger partial charge in [0.25, 0.3) is 0 Å². The molecule has 0 atom stereocenters. The molecule has 0 aliphatic carbocycles. The topological polar surface area (TPSA) is 36.9 Å². The molecule has 4 aromatic rings. The minimum absolute atomic E-state index is 0.852. The summed E-state index contributed by atoms with van der Waals surface area (Å²) >= 11 is 0. The maximum absolute atomic E-state index is 5.36. The van der Waals surface area contributed by atoms with E-state index in [1.807, 2.05) is 48.5 Å². The number of ether oxygens (including phenoxy) is 4. The van der Waals surface area contributed by atoms with Crippen LogP contribution in [0.5, 0.6) is 23.0 Å². The molecule has 0 aliphatic heterocycles. The summed E-state index contributed by atoms with van der Waals surface area (Å²) in [5, 5.41) is 0. The number of allylic oxidation sites excluding steroid dienone is 4. The fourth-order valence-electron chi connectivity index (χ4n) is 4.62. The summed E-state index contributed by atoms with van der Waals surface area (Å²) in [6.45, 7) is 0. The van der Waals surface area contributed by atoms with Crippen molar-refractivity contribution in [2.75, 3.05) is 28.4 Å². The molecule has 0 aliphatic rings. The lowest BCUT2D eigenvalue weighted by Crippen LogP contribution is -1.99. The molecule has 0 amide bonds. The second-order valence-electron chi connectivity index (χ2n) is 9.75. The number of hydrogen-bond acceptors (Lipinski definition) is 4. The van der Waals surface area contributed by atoms with E-state index in [1.165, 1.54) is 33.4 Å². The minimum atomic E-state index is 0.852. The Labute approximate surface area is 238 Å². The van der Waals surface area contributed by atoms with Crippen LogP contribution in [-0.2, 0) is 25.7 Å². The summed E-state index contributed by atoms with van der Waals surface area (Å²) in [5.74, 6) is 3.47. The van der Waals surface area contributed by atoms with Gasteiger partial charge in [0.1, 0.15) is 23.0 Å². The van der Waals surface area contributed by atoms with Crippen molar-refractivity contribution in [1.82, 2.24) is 0 Å². The third-order valence-electron chi connectivity index (χ3n) is 6.92. The lowest BCUT2D eigenvalue weighted by Gasteiger charge is -2.12. The molecular formula is C36H38O4. The first-order chi connectivity index (χ1) is 19.6. The highest BCUT2D eigenvalue weighted by molar-refractivity contribution is 5.38. The molecule has 206 valence electrons. The molecule has 0 heterocycles. The van der Waals surface area contributed by atoms with Crippen LogP contribution in [0.25, 0.3) is 0 Å². The summed E-state index contributed by atoms with van der Waals surface area (Å²) in [4.78, 5) is 0. The van der Waals surface area contributed by atoms with E-state index < -0.39 is 0 Å². The molecule has 4 aromatic carbocycles. The first-order valence-corrected chi connectivity index (χ1v) is 13.5. The zero-order valence-electron chi connectivity index (χ0n) is 23.9. The molecule has 0 spiro atoms. The van der Waals surface area contributed by atoms with E-state index >= 15 is 0 Å². The molecule has 0 fully saturated rings. The van der Waals surface area contributed by atoms with Crippen LogP contribution in [0.3, 0.4) is 0 Å². The Hall–Kier alpha value is -4.44. The van der Waals surface area contributed by atoms with Crippen molar-refractivity contribution >= 4 is 0 Å². The second kappa shape index (κ2) is 14.6. The maximum atomic E-state index is 5.36. The molecule has 0 N–H and O–H groups in total. The average Bonchev–Trinajstić information content (AvgIpc) is 3.01. The van der Waals surface area contributed by atoms with Gasteiger partial charge in [-0.3, -0.25) is 0 Å². The number of methoxy groups -OCH3 is 4. The number of benzene rings is 4. The first-order valence-electron chi connectivity index (χ1n) is 13.5. The average molecular weight is 535 g/mol. The third-order valence-corrected chi connectivity index (χ3v) is 6.92. The maximum Gasteiger partial charge on any atom is 0.118 e. The Morgan fingerprint density at radius 3 is 0.750 bits per heavy atom. The lowest BCUT2D eigenvalue weighted by atomic mass is 9.94.